The minimum atomic E-state index is -0.306. The lowest BCUT2D eigenvalue weighted by Crippen LogP contribution is -2.37. The number of benzene rings is 3. The van der Waals surface area contributed by atoms with Crippen LogP contribution in [0.4, 0.5) is 0 Å². The Kier molecular flexibility index (Phi) is 6.09. The van der Waals surface area contributed by atoms with Gasteiger partial charge in [-0.05, 0) is 64.9 Å². The van der Waals surface area contributed by atoms with E-state index in [4.69, 9.17) is 11.6 Å². The van der Waals surface area contributed by atoms with E-state index in [9.17, 15) is 4.79 Å². The standard InChI is InChI=1S/C30H25BrClNO/c1-30(2)18-27-28(29(34)25(30)16-19-8-12-22(31)13-9-19)24(20-6-4-3-5-7-20)17-26(33-27)21-10-14-23(32)15-11-21/h3-17,24,33H,18H2,1-2H3/b25-16+. The van der Waals surface area contributed by atoms with Crippen LogP contribution >= 0.6 is 27.5 Å². The Morgan fingerprint density at radius 3 is 2.32 bits per heavy atom. The molecule has 0 spiro atoms. The van der Waals surface area contributed by atoms with Gasteiger partial charge in [-0.2, -0.15) is 0 Å². The highest BCUT2D eigenvalue weighted by molar-refractivity contribution is 9.10. The molecule has 1 unspecified atom stereocenters. The summed E-state index contributed by atoms with van der Waals surface area (Å²) < 4.78 is 1.02. The third-order valence-corrected chi connectivity index (χ3v) is 7.37. The van der Waals surface area contributed by atoms with Crippen molar-refractivity contribution >= 4 is 45.1 Å². The number of hydrogen-bond donors (Lipinski definition) is 1. The molecule has 3 aromatic rings. The van der Waals surface area contributed by atoms with E-state index in [1.54, 1.807) is 0 Å². The molecule has 1 heterocycles. The summed E-state index contributed by atoms with van der Waals surface area (Å²) in [6.07, 6.45) is 4.98. The van der Waals surface area contributed by atoms with Crippen LogP contribution in [0.1, 0.15) is 42.9 Å². The third-order valence-electron chi connectivity index (χ3n) is 6.59. The summed E-state index contributed by atoms with van der Waals surface area (Å²) in [7, 11) is 0. The van der Waals surface area contributed by atoms with Gasteiger partial charge in [-0.3, -0.25) is 4.79 Å². The summed E-state index contributed by atoms with van der Waals surface area (Å²) in [5.41, 5.74) is 6.59. The predicted octanol–water partition coefficient (Wildman–Crippen LogP) is 8.17. The van der Waals surface area contributed by atoms with Gasteiger partial charge in [0, 0.05) is 38.0 Å². The molecule has 0 saturated heterocycles. The maximum absolute atomic E-state index is 14.1. The Morgan fingerprint density at radius 2 is 1.65 bits per heavy atom. The summed E-state index contributed by atoms with van der Waals surface area (Å²) >= 11 is 9.63. The minimum absolute atomic E-state index is 0.113. The Bertz CT molecular complexity index is 1330. The van der Waals surface area contributed by atoms with Crippen LogP contribution in [0.2, 0.25) is 5.02 Å². The minimum Gasteiger partial charge on any atom is -0.358 e. The number of carbonyl (C=O) groups excluding carboxylic acids is 1. The number of halogens is 2. The molecule has 5 rings (SSSR count). The first kappa shape index (κ1) is 22.9. The van der Waals surface area contributed by atoms with Crippen LogP contribution in [0.5, 0.6) is 0 Å². The van der Waals surface area contributed by atoms with Crippen LogP contribution in [0, 0.1) is 5.41 Å². The molecule has 1 aliphatic carbocycles. The van der Waals surface area contributed by atoms with E-state index >= 15 is 0 Å². The maximum Gasteiger partial charge on any atom is 0.188 e. The van der Waals surface area contributed by atoms with E-state index in [-0.39, 0.29) is 17.1 Å². The van der Waals surface area contributed by atoms with Gasteiger partial charge in [0.15, 0.2) is 5.78 Å². The van der Waals surface area contributed by atoms with Crippen LogP contribution in [0.3, 0.4) is 0 Å². The van der Waals surface area contributed by atoms with Gasteiger partial charge in [0.05, 0.1) is 0 Å². The molecule has 2 nitrogen and oxygen atoms in total. The van der Waals surface area contributed by atoms with E-state index in [0.29, 0.717) is 5.02 Å². The average molecular weight is 531 g/mol. The molecule has 1 N–H and O–H groups in total. The first-order valence-corrected chi connectivity index (χ1v) is 12.5. The van der Waals surface area contributed by atoms with E-state index in [1.165, 1.54) is 0 Å². The lowest BCUT2D eigenvalue weighted by atomic mass is 9.67. The quantitative estimate of drug-likeness (QED) is 0.346. The van der Waals surface area contributed by atoms with Crippen molar-refractivity contribution in [3.63, 3.8) is 0 Å². The zero-order valence-corrected chi connectivity index (χ0v) is 21.5. The lowest BCUT2D eigenvalue weighted by molar-refractivity contribution is -0.113. The van der Waals surface area contributed by atoms with Crippen LogP contribution < -0.4 is 5.32 Å². The van der Waals surface area contributed by atoms with Gasteiger partial charge in [0.25, 0.3) is 0 Å². The van der Waals surface area contributed by atoms with Crippen molar-refractivity contribution in [1.29, 1.82) is 0 Å². The Balaban J connectivity index is 1.62. The number of carbonyl (C=O) groups is 1. The second-order valence-electron chi connectivity index (χ2n) is 9.49. The first-order valence-electron chi connectivity index (χ1n) is 11.4. The normalized spacial score (nSPS) is 20.6. The number of ketones is 1. The van der Waals surface area contributed by atoms with Gasteiger partial charge < -0.3 is 5.32 Å². The van der Waals surface area contributed by atoms with Crippen LogP contribution in [-0.4, -0.2) is 5.78 Å². The second-order valence-corrected chi connectivity index (χ2v) is 10.8. The van der Waals surface area contributed by atoms with Crippen molar-refractivity contribution in [3.05, 3.63) is 128 Å². The van der Waals surface area contributed by atoms with E-state index < -0.39 is 0 Å². The SMILES string of the molecule is CC1(C)CC2=C(C(=O)/C1=C\c1ccc(Br)cc1)C(c1ccccc1)C=C(c1ccc(Cl)cc1)N2. The van der Waals surface area contributed by atoms with Crippen LogP contribution in [0.25, 0.3) is 11.8 Å². The largest absolute Gasteiger partial charge is 0.358 e. The monoisotopic (exact) mass is 529 g/mol. The van der Waals surface area contributed by atoms with Gasteiger partial charge in [-0.1, -0.05) is 96.0 Å². The summed E-state index contributed by atoms with van der Waals surface area (Å²) in [5.74, 6) is -0.0121. The molecule has 170 valence electrons. The molecule has 1 aliphatic heterocycles. The maximum atomic E-state index is 14.1. The fraction of sp³-hybridized carbons (Fsp3) is 0.167. The highest BCUT2D eigenvalue weighted by Crippen LogP contribution is 2.48. The van der Waals surface area contributed by atoms with Crippen molar-refractivity contribution in [2.75, 3.05) is 0 Å². The highest BCUT2D eigenvalue weighted by atomic mass is 79.9. The van der Waals surface area contributed by atoms with Gasteiger partial charge in [-0.25, -0.2) is 0 Å². The molecule has 1 atom stereocenters. The van der Waals surface area contributed by atoms with Crippen molar-refractivity contribution < 1.29 is 4.79 Å². The molecule has 2 aliphatic rings. The smallest absolute Gasteiger partial charge is 0.188 e. The summed E-state index contributed by atoms with van der Waals surface area (Å²) in [4.78, 5) is 14.1. The number of Topliss-reactive ketones (excluding diaryl/α,β-unsaturated/α-hetero) is 1. The Hall–Kier alpha value is -2.88. The van der Waals surface area contributed by atoms with Crippen molar-refractivity contribution in [1.82, 2.24) is 5.32 Å². The Labute approximate surface area is 214 Å². The zero-order valence-electron chi connectivity index (χ0n) is 19.1. The predicted molar refractivity (Wildman–Crippen MR) is 144 cm³/mol. The van der Waals surface area contributed by atoms with E-state index in [2.05, 4.69) is 59.4 Å². The molecule has 0 aromatic heterocycles. The molecule has 0 amide bonds. The number of hydrogen-bond acceptors (Lipinski definition) is 2. The zero-order chi connectivity index (χ0) is 23.9. The van der Waals surface area contributed by atoms with E-state index in [0.717, 1.165) is 50.1 Å². The number of nitrogens with one attached hydrogen (secondary N) is 1. The second kappa shape index (κ2) is 9.05. The van der Waals surface area contributed by atoms with E-state index in [1.807, 2.05) is 66.7 Å². The fourth-order valence-electron chi connectivity index (χ4n) is 4.82. The summed E-state index contributed by atoms with van der Waals surface area (Å²) in [6, 6.07) is 26.2. The summed E-state index contributed by atoms with van der Waals surface area (Å²) in [5, 5.41) is 4.32. The molecule has 0 fully saturated rings. The molecule has 3 aromatic carbocycles. The summed E-state index contributed by atoms with van der Waals surface area (Å²) in [6.45, 7) is 4.30. The fourth-order valence-corrected chi connectivity index (χ4v) is 5.21. The van der Waals surface area contributed by atoms with Gasteiger partial charge in [0.1, 0.15) is 0 Å². The first-order chi connectivity index (χ1) is 16.3. The molecule has 0 bridgehead atoms. The van der Waals surface area contributed by atoms with Gasteiger partial charge in [-0.15, -0.1) is 0 Å². The lowest BCUT2D eigenvalue weighted by Gasteiger charge is -2.40. The molecular weight excluding hydrogens is 506 g/mol. The number of dihydropyridines is 1. The van der Waals surface area contributed by atoms with Gasteiger partial charge >= 0.3 is 0 Å². The molecule has 0 radical (unpaired) electrons. The average Bonchev–Trinajstić information content (AvgIpc) is 2.83. The topological polar surface area (TPSA) is 29.1 Å². The third kappa shape index (κ3) is 4.43. The van der Waals surface area contributed by atoms with Crippen molar-refractivity contribution in [2.45, 2.75) is 26.2 Å². The number of rotatable bonds is 3. The van der Waals surface area contributed by atoms with Crippen molar-refractivity contribution in [2.24, 2.45) is 5.41 Å². The Morgan fingerprint density at radius 1 is 0.971 bits per heavy atom. The molecular formula is C30H25BrClNO. The molecule has 34 heavy (non-hydrogen) atoms. The van der Waals surface area contributed by atoms with Crippen molar-refractivity contribution in [3.8, 4) is 0 Å². The van der Waals surface area contributed by atoms with Crippen LogP contribution in [0.15, 0.2) is 106 Å². The highest BCUT2D eigenvalue weighted by Gasteiger charge is 2.42. The molecule has 0 saturated carbocycles. The number of allylic oxidation sites excluding steroid dienone is 4. The molecule has 4 heteroatoms. The van der Waals surface area contributed by atoms with Gasteiger partial charge in [0.2, 0.25) is 0 Å². The van der Waals surface area contributed by atoms with Crippen LogP contribution in [-0.2, 0) is 4.79 Å².